The lowest BCUT2D eigenvalue weighted by Crippen LogP contribution is -2.52. The van der Waals surface area contributed by atoms with Crippen LogP contribution in [-0.4, -0.2) is 58.4 Å². The second-order valence-corrected chi connectivity index (χ2v) is 10.1. The first-order valence-electron chi connectivity index (χ1n) is 12.4. The summed E-state index contributed by atoms with van der Waals surface area (Å²) in [7, 11) is 0. The first kappa shape index (κ1) is 22.2. The largest absolute Gasteiger partial charge is 0.493 e. The second-order valence-electron chi connectivity index (χ2n) is 10.1. The molecule has 3 amide bonds. The van der Waals surface area contributed by atoms with Crippen molar-refractivity contribution in [3.05, 3.63) is 64.2 Å². The molecule has 6 rings (SSSR count). The lowest BCUT2D eigenvalue weighted by molar-refractivity contribution is -0.136. The lowest BCUT2D eigenvalue weighted by atomic mass is 9.83. The Bertz CT molecular complexity index is 1220. The van der Waals surface area contributed by atoms with Crippen molar-refractivity contribution in [2.24, 2.45) is 0 Å². The topological polar surface area (TPSA) is 99.2 Å². The summed E-state index contributed by atoms with van der Waals surface area (Å²) in [6, 6.07) is 11.3. The van der Waals surface area contributed by atoms with Crippen LogP contribution in [-0.2, 0) is 34.7 Å². The van der Waals surface area contributed by atoms with Gasteiger partial charge in [-0.25, -0.2) is 0 Å². The highest BCUT2D eigenvalue weighted by atomic mass is 16.5. The summed E-state index contributed by atoms with van der Waals surface area (Å²) < 4.78 is 5.60. The van der Waals surface area contributed by atoms with Crippen LogP contribution in [0.4, 0.5) is 0 Å². The summed E-state index contributed by atoms with van der Waals surface area (Å²) in [4.78, 5) is 40.7. The molecule has 0 spiro atoms. The van der Waals surface area contributed by atoms with Crippen molar-refractivity contribution in [2.45, 2.75) is 56.8 Å². The molecule has 0 aliphatic carbocycles. The molecule has 0 aromatic heterocycles. The van der Waals surface area contributed by atoms with E-state index >= 15 is 0 Å². The Labute approximate surface area is 203 Å². The molecule has 182 valence electrons. The van der Waals surface area contributed by atoms with E-state index in [1.54, 1.807) is 11.0 Å². The molecule has 2 N–H and O–H groups in total. The third-order valence-electron chi connectivity index (χ3n) is 7.90. The van der Waals surface area contributed by atoms with Gasteiger partial charge < -0.3 is 14.7 Å². The number of aliphatic hydroxyl groups is 1. The van der Waals surface area contributed by atoms with Gasteiger partial charge in [-0.2, -0.15) is 0 Å². The van der Waals surface area contributed by atoms with Gasteiger partial charge in [0, 0.05) is 44.6 Å². The van der Waals surface area contributed by atoms with E-state index in [2.05, 4.69) is 28.4 Å². The number of imide groups is 1. The maximum atomic E-state index is 13.0. The van der Waals surface area contributed by atoms with Crippen LogP contribution in [0.5, 0.6) is 5.75 Å². The number of fused-ring (bicyclic) bond motifs is 2. The zero-order valence-corrected chi connectivity index (χ0v) is 19.6. The van der Waals surface area contributed by atoms with Crippen LogP contribution in [0, 0.1) is 0 Å². The van der Waals surface area contributed by atoms with Crippen molar-refractivity contribution in [1.82, 2.24) is 15.1 Å². The molecule has 0 bridgehead atoms. The molecule has 2 aromatic carbocycles. The maximum absolute atomic E-state index is 13.0. The molecule has 4 heterocycles. The fourth-order valence-corrected chi connectivity index (χ4v) is 5.83. The number of rotatable bonds is 4. The van der Waals surface area contributed by atoms with E-state index < -0.39 is 17.6 Å². The Hall–Kier alpha value is -3.23. The summed E-state index contributed by atoms with van der Waals surface area (Å²) in [5, 5.41) is 13.8. The van der Waals surface area contributed by atoms with Crippen LogP contribution in [0.3, 0.4) is 0 Å². The van der Waals surface area contributed by atoms with E-state index in [1.807, 2.05) is 12.1 Å². The van der Waals surface area contributed by atoms with Crippen molar-refractivity contribution in [1.29, 1.82) is 0 Å². The van der Waals surface area contributed by atoms with E-state index in [4.69, 9.17) is 4.74 Å². The van der Waals surface area contributed by atoms with Crippen molar-refractivity contribution in [2.75, 3.05) is 19.7 Å². The molecule has 0 saturated carbocycles. The van der Waals surface area contributed by atoms with E-state index in [0.29, 0.717) is 31.4 Å². The summed E-state index contributed by atoms with van der Waals surface area (Å²) in [5.41, 5.74) is 3.82. The normalized spacial score (nSPS) is 23.6. The van der Waals surface area contributed by atoms with Gasteiger partial charge in [-0.1, -0.05) is 24.3 Å². The Balaban J connectivity index is 1.12. The van der Waals surface area contributed by atoms with Crippen molar-refractivity contribution < 1.29 is 24.2 Å². The minimum absolute atomic E-state index is 0.192. The predicted molar refractivity (Wildman–Crippen MR) is 127 cm³/mol. The minimum Gasteiger partial charge on any atom is -0.493 e. The average Bonchev–Trinajstić information content (AvgIpc) is 3.44. The second kappa shape index (κ2) is 8.46. The Morgan fingerprint density at radius 3 is 2.66 bits per heavy atom. The molecule has 2 fully saturated rings. The van der Waals surface area contributed by atoms with Crippen LogP contribution < -0.4 is 10.1 Å². The van der Waals surface area contributed by atoms with Crippen molar-refractivity contribution in [3.63, 3.8) is 0 Å². The summed E-state index contributed by atoms with van der Waals surface area (Å²) in [6.45, 7) is 3.49. The highest BCUT2D eigenvalue weighted by molar-refractivity contribution is 6.05. The molecule has 4 aliphatic rings. The Morgan fingerprint density at radius 2 is 1.86 bits per heavy atom. The molecule has 4 aliphatic heterocycles. The highest BCUT2D eigenvalue weighted by Crippen LogP contribution is 2.37. The molecule has 0 radical (unpaired) electrons. The van der Waals surface area contributed by atoms with E-state index in [0.717, 1.165) is 49.5 Å². The number of nitrogens with one attached hydrogen (secondary N) is 1. The fourth-order valence-electron chi connectivity index (χ4n) is 5.83. The number of hydrogen-bond acceptors (Lipinski definition) is 6. The number of likely N-dealkylation sites (tertiary alicyclic amines) is 1. The number of carbonyl (C=O) groups is 3. The number of amides is 3. The molecule has 1 unspecified atom stereocenters. The number of ether oxygens (including phenoxy) is 1. The van der Waals surface area contributed by atoms with Gasteiger partial charge >= 0.3 is 0 Å². The molecule has 35 heavy (non-hydrogen) atoms. The van der Waals surface area contributed by atoms with E-state index in [9.17, 15) is 19.5 Å². The first-order chi connectivity index (χ1) is 16.9. The molecular weight excluding hydrogens is 446 g/mol. The van der Waals surface area contributed by atoms with Crippen LogP contribution in [0.25, 0.3) is 0 Å². The molecule has 8 heteroatoms. The monoisotopic (exact) mass is 475 g/mol. The quantitative estimate of drug-likeness (QED) is 0.655. The third-order valence-corrected chi connectivity index (χ3v) is 7.90. The zero-order chi connectivity index (χ0) is 24.2. The van der Waals surface area contributed by atoms with E-state index in [1.165, 1.54) is 11.1 Å². The molecule has 2 saturated heterocycles. The third kappa shape index (κ3) is 4.00. The smallest absolute Gasteiger partial charge is 0.255 e. The summed E-state index contributed by atoms with van der Waals surface area (Å²) in [6.07, 6.45) is 2.77. The number of benzene rings is 2. The molecule has 1 atom stereocenters. The number of nitrogens with zero attached hydrogens (tertiary/aromatic N) is 2. The zero-order valence-electron chi connectivity index (χ0n) is 19.6. The van der Waals surface area contributed by atoms with Crippen LogP contribution in [0.1, 0.15) is 58.3 Å². The molecule has 2 aromatic rings. The van der Waals surface area contributed by atoms with Crippen LogP contribution in [0.2, 0.25) is 0 Å². The first-order valence-corrected chi connectivity index (χ1v) is 12.4. The Kier molecular flexibility index (Phi) is 5.38. The minimum atomic E-state index is -0.942. The maximum Gasteiger partial charge on any atom is 0.255 e. The lowest BCUT2D eigenvalue weighted by Gasteiger charge is -2.38. The number of hydrogen-bond donors (Lipinski definition) is 2. The van der Waals surface area contributed by atoms with Crippen molar-refractivity contribution >= 4 is 17.7 Å². The standard InChI is InChI=1S/C27H29N3O5/c31-24-6-4-22(25(32)28-24)30-16-19-14-20(2-3-21(19)26(30)33)27(34)8-10-29(11-9-27)15-17-1-5-23-18(13-17)7-12-35-23/h1-3,5,13-14,22,34H,4,6-12,15-16H2,(H,28,31,32). The Morgan fingerprint density at radius 1 is 1.03 bits per heavy atom. The number of piperidine rings is 2. The summed E-state index contributed by atoms with van der Waals surface area (Å²) in [5.74, 6) is 0.0941. The van der Waals surface area contributed by atoms with Gasteiger partial charge in [0.05, 0.1) is 12.2 Å². The van der Waals surface area contributed by atoms with Gasteiger partial charge in [0.25, 0.3) is 5.91 Å². The molecular formula is C27H29N3O5. The van der Waals surface area contributed by atoms with Crippen LogP contribution >= 0.6 is 0 Å². The predicted octanol–water partition coefficient (Wildman–Crippen LogP) is 1.87. The summed E-state index contributed by atoms with van der Waals surface area (Å²) >= 11 is 0. The van der Waals surface area contributed by atoms with Gasteiger partial charge in [-0.05, 0) is 53.6 Å². The van der Waals surface area contributed by atoms with Gasteiger partial charge in [0.1, 0.15) is 11.8 Å². The highest BCUT2D eigenvalue weighted by Gasteiger charge is 2.40. The van der Waals surface area contributed by atoms with Gasteiger partial charge in [0.15, 0.2) is 0 Å². The average molecular weight is 476 g/mol. The van der Waals surface area contributed by atoms with Gasteiger partial charge in [0.2, 0.25) is 11.8 Å². The number of carbonyl (C=O) groups excluding carboxylic acids is 3. The van der Waals surface area contributed by atoms with Gasteiger partial charge in [-0.3, -0.25) is 24.6 Å². The molecule has 8 nitrogen and oxygen atoms in total. The van der Waals surface area contributed by atoms with E-state index in [-0.39, 0.29) is 18.2 Å². The van der Waals surface area contributed by atoms with Crippen LogP contribution in [0.15, 0.2) is 36.4 Å². The fraction of sp³-hybridized carbons (Fsp3) is 0.444. The van der Waals surface area contributed by atoms with Gasteiger partial charge in [-0.15, -0.1) is 0 Å². The van der Waals surface area contributed by atoms with Crippen molar-refractivity contribution in [3.8, 4) is 5.75 Å². The SMILES string of the molecule is O=C1CCC(N2Cc3cc(C4(O)CCN(Cc5ccc6c(c5)CCO6)CC4)ccc3C2=O)C(=O)N1.